The van der Waals surface area contributed by atoms with Crippen molar-refractivity contribution in [3.63, 3.8) is 0 Å². The molecule has 5 nitrogen and oxygen atoms in total. The molecule has 0 aliphatic carbocycles. The van der Waals surface area contributed by atoms with Gasteiger partial charge < -0.3 is 0 Å². The topological polar surface area (TPSA) is 73.2 Å². The van der Waals surface area contributed by atoms with E-state index < -0.39 is 5.54 Å². The SMILES string of the molecule is CC1(C)NCC(=O)N(Cc2cccc(C#N)c2)C1=O. The van der Waals surface area contributed by atoms with E-state index in [0.717, 1.165) is 5.56 Å². The second-order valence-electron chi connectivity index (χ2n) is 5.08. The van der Waals surface area contributed by atoms with Gasteiger partial charge in [-0.25, -0.2) is 0 Å². The number of hydrogen-bond donors (Lipinski definition) is 1. The van der Waals surface area contributed by atoms with Gasteiger partial charge in [-0.15, -0.1) is 0 Å². The minimum absolute atomic E-state index is 0.149. The van der Waals surface area contributed by atoms with Gasteiger partial charge in [0, 0.05) is 0 Å². The normalized spacial score (nSPS) is 18.3. The summed E-state index contributed by atoms with van der Waals surface area (Å²) in [6.45, 7) is 3.86. The Labute approximate surface area is 111 Å². The third-order valence-electron chi connectivity index (χ3n) is 3.16. The molecule has 1 aromatic carbocycles. The highest BCUT2D eigenvalue weighted by Crippen LogP contribution is 2.17. The van der Waals surface area contributed by atoms with Crippen LogP contribution in [0, 0.1) is 11.3 Å². The van der Waals surface area contributed by atoms with Crippen molar-refractivity contribution in [2.45, 2.75) is 25.9 Å². The molecule has 19 heavy (non-hydrogen) atoms. The lowest BCUT2D eigenvalue weighted by Gasteiger charge is -2.36. The Morgan fingerprint density at radius 2 is 2.16 bits per heavy atom. The van der Waals surface area contributed by atoms with E-state index in [1.54, 1.807) is 38.1 Å². The van der Waals surface area contributed by atoms with Crippen molar-refractivity contribution in [2.24, 2.45) is 0 Å². The number of carbonyl (C=O) groups is 2. The second kappa shape index (κ2) is 4.82. The number of piperazine rings is 1. The van der Waals surface area contributed by atoms with Gasteiger partial charge in [0.05, 0.1) is 30.3 Å². The van der Waals surface area contributed by atoms with Crippen LogP contribution < -0.4 is 5.32 Å². The van der Waals surface area contributed by atoms with Crippen LogP contribution in [-0.2, 0) is 16.1 Å². The highest BCUT2D eigenvalue weighted by atomic mass is 16.2. The molecule has 2 rings (SSSR count). The lowest BCUT2D eigenvalue weighted by molar-refractivity contribution is -0.153. The average Bonchev–Trinajstić information content (AvgIpc) is 2.40. The van der Waals surface area contributed by atoms with Gasteiger partial charge in [-0.2, -0.15) is 5.26 Å². The molecule has 98 valence electrons. The fourth-order valence-electron chi connectivity index (χ4n) is 2.00. The van der Waals surface area contributed by atoms with Crippen LogP contribution in [0.4, 0.5) is 0 Å². The summed E-state index contributed by atoms with van der Waals surface area (Å²) in [5.41, 5.74) is 0.561. The van der Waals surface area contributed by atoms with Crippen LogP contribution in [0.15, 0.2) is 24.3 Å². The molecule has 0 bridgehead atoms. The first-order valence-electron chi connectivity index (χ1n) is 6.03. The van der Waals surface area contributed by atoms with E-state index >= 15 is 0 Å². The molecule has 1 aliphatic rings. The number of amides is 2. The van der Waals surface area contributed by atoms with Crippen LogP contribution in [0.1, 0.15) is 25.0 Å². The van der Waals surface area contributed by atoms with E-state index in [-0.39, 0.29) is 24.9 Å². The van der Waals surface area contributed by atoms with Crippen LogP contribution in [0.3, 0.4) is 0 Å². The van der Waals surface area contributed by atoms with Crippen molar-refractivity contribution in [1.29, 1.82) is 5.26 Å². The van der Waals surface area contributed by atoms with Crippen molar-refractivity contribution < 1.29 is 9.59 Å². The molecular formula is C14H15N3O2. The Balaban J connectivity index is 2.23. The Hall–Kier alpha value is -2.19. The first-order valence-corrected chi connectivity index (χ1v) is 6.03. The predicted octanol–water partition coefficient (Wildman–Crippen LogP) is 0.795. The van der Waals surface area contributed by atoms with E-state index in [9.17, 15) is 9.59 Å². The van der Waals surface area contributed by atoms with Crippen molar-refractivity contribution in [3.05, 3.63) is 35.4 Å². The third-order valence-corrected chi connectivity index (χ3v) is 3.16. The highest BCUT2D eigenvalue weighted by molar-refractivity contribution is 6.02. The molecule has 1 N–H and O–H groups in total. The molecule has 0 aromatic heterocycles. The van der Waals surface area contributed by atoms with Crippen molar-refractivity contribution in [3.8, 4) is 6.07 Å². The number of imide groups is 1. The summed E-state index contributed by atoms with van der Waals surface area (Å²) >= 11 is 0. The molecule has 2 amide bonds. The smallest absolute Gasteiger partial charge is 0.249 e. The summed E-state index contributed by atoms with van der Waals surface area (Å²) < 4.78 is 0. The summed E-state index contributed by atoms with van der Waals surface area (Å²) in [4.78, 5) is 25.3. The zero-order chi connectivity index (χ0) is 14.0. The summed E-state index contributed by atoms with van der Waals surface area (Å²) in [5.74, 6) is -0.488. The first-order chi connectivity index (χ1) is 8.94. The molecule has 1 aliphatic heterocycles. The Morgan fingerprint density at radius 3 is 2.84 bits per heavy atom. The van der Waals surface area contributed by atoms with Crippen LogP contribution in [-0.4, -0.2) is 28.8 Å². The van der Waals surface area contributed by atoms with Crippen LogP contribution >= 0.6 is 0 Å². The molecule has 1 heterocycles. The number of nitrogens with one attached hydrogen (secondary N) is 1. The van der Waals surface area contributed by atoms with E-state index in [1.165, 1.54) is 4.90 Å². The Morgan fingerprint density at radius 1 is 1.42 bits per heavy atom. The van der Waals surface area contributed by atoms with Crippen molar-refractivity contribution in [1.82, 2.24) is 10.2 Å². The first kappa shape index (κ1) is 13.2. The summed E-state index contributed by atoms with van der Waals surface area (Å²) in [7, 11) is 0. The molecular weight excluding hydrogens is 242 g/mol. The molecule has 1 saturated heterocycles. The van der Waals surface area contributed by atoms with Gasteiger partial charge in [-0.3, -0.25) is 19.8 Å². The average molecular weight is 257 g/mol. The molecule has 0 saturated carbocycles. The zero-order valence-electron chi connectivity index (χ0n) is 10.9. The third kappa shape index (κ3) is 2.64. The summed E-state index contributed by atoms with van der Waals surface area (Å²) in [5, 5.41) is 11.8. The fourth-order valence-corrected chi connectivity index (χ4v) is 2.00. The number of nitriles is 1. The Kier molecular flexibility index (Phi) is 3.36. The lowest BCUT2D eigenvalue weighted by Crippen LogP contribution is -2.63. The number of nitrogens with zero attached hydrogens (tertiary/aromatic N) is 2. The van der Waals surface area contributed by atoms with Crippen molar-refractivity contribution >= 4 is 11.8 Å². The minimum atomic E-state index is -0.735. The van der Waals surface area contributed by atoms with Gasteiger partial charge in [-0.1, -0.05) is 12.1 Å². The molecule has 0 spiro atoms. The van der Waals surface area contributed by atoms with Crippen molar-refractivity contribution in [2.75, 3.05) is 6.54 Å². The van der Waals surface area contributed by atoms with Gasteiger partial charge in [0.2, 0.25) is 11.8 Å². The maximum absolute atomic E-state index is 12.2. The number of rotatable bonds is 2. The van der Waals surface area contributed by atoms with Gasteiger partial charge in [0.25, 0.3) is 0 Å². The standard InChI is InChI=1S/C14H15N3O2/c1-14(2)13(19)17(12(18)8-16-14)9-11-5-3-4-10(6-11)7-15/h3-6,16H,8-9H2,1-2H3. The predicted molar refractivity (Wildman–Crippen MR) is 68.8 cm³/mol. The molecule has 1 fully saturated rings. The van der Waals surface area contributed by atoms with E-state index in [0.29, 0.717) is 5.56 Å². The zero-order valence-corrected chi connectivity index (χ0v) is 10.9. The number of benzene rings is 1. The minimum Gasteiger partial charge on any atom is -0.295 e. The quantitative estimate of drug-likeness (QED) is 0.795. The van der Waals surface area contributed by atoms with Gasteiger partial charge >= 0.3 is 0 Å². The van der Waals surface area contributed by atoms with Gasteiger partial charge in [-0.05, 0) is 31.5 Å². The number of hydrogen-bond acceptors (Lipinski definition) is 4. The second-order valence-corrected chi connectivity index (χ2v) is 5.08. The summed E-state index contributed by atoms with van der Waals surface area (Å²) in [6, 6.07) is 8.97. The number of carbonyl (C=O) groups excluding carboxylic acids is 2. The Bertz CT molecular complexity index is 572. The highest BCUT2D eigenvalue weighted by Gasteiger charge is 2.39. The molecule has 1 aromatic rings. The molecule has 0 atom stereocenters. The maximum Gasteiger partial charge on any atom is 0.249 e. The summed E-state index contributed by atoms with van der Waals surface area (Å²) in [6.07, 6.45) is 0. The maximum atomic E-state index is 12.2. The molecule has 5 heteroatoms. The van der Waals surface area contributed by atoms with Crippen LogP contribution in [0.2, 0.25) is 0 Å². The lowest BCUT2D eigenvalue weighted by atomic mass is 10.00. The van der Waals surface area contributed by atoms with E-state index in [1.807, 2.05) is 6.07 Å². The monoisotopic (exact) mass is 257 g/mol. The van der Waals surface area contributed by atoms with Gasteiger partial charge in [0.1, 0.15) is 0 Å². The molecule has 0 unspecified atom stereocenters. The fraction of sp³-hybridized carbons (Fsp3) is 0.357. The largest absolute Gasteiger partial charge is 0.295 e. The van der Waals surface area contributed by atoms with E-state index in [4.69, 9.17) is 5.26 Å². The van der Waals surface area contributed by atoms with Gasteiger partial charge in [0.15, 0.2) is 0 Å². The molecule has 0 radical (unpaired) electrons. The van der Waals surface area contributed by atoms with Crippen LogP contribution in [0.25, 0.3) is 0 Å². The van der Waals surface area contributed by atoms with Crippen LogP contribution in [0.5, 0.6) is 0 Å². The van der Waals surface area contributed by atoms with E-state index in [2.05, 4.69) is 5.32 Å².